The van der Waals surface area contributed by atoms with Crippen LogP contribution in [0.5, 0.6) is 0 Å². The summed E-state index contributed by atoms with van der Waals surface area (Å²) in [7, 11) is 0. The summed E-state index contributed by atoms with van der Waals surface area (Å²) >= 11 is 0. The first kappa shape index (κ1) is 10.9. The van der Waals surface area contributed by atoms with Crippen molar-refractivity contribution < 1.29 is 19.1 Å². The van der Waals surface area contributed by atoms with Gasteiger partial charge in [0.1, 0.15) is 0 Å². The van der Waals surface area contributed by atoms with Crippen molar-refractivity contribution in [3.05, 3.63) is 0 Å². The molecule has 0 aromatic heterocycles. The minimum absolute atomic E-state index is 0.264. The highest BCUT2D eigenvalue weighted by Crippen LogP contribution is 1.88. The average molecular weight is 174 g/mol. The van der Waals surface area contributed by atoms with E-state index in [2.05, 4.69) is 9.47 Å². The van der Waals surface area contributed by atoms with Crippen molar-refractivity contribution in [1.82, 2.24) is 0 Å². The van der Waals surface area contributed by atoms with Gasteiger partial charge in [0.25, 0.3) is 0 Å². The summed E-state index contributed by atoms with van der Waals surface area (Å²) in [5.74, 6) is -1.80. The molecule has 0 fully saturated rings. The van der Waals surface area contributed by atoms with Gasteiger partial charge in [0.05, 0.1) is 13.2 Å². The van der Waals surface area contributed by atoms with E-state index in [0.29, 0.717) is 12.8 Å². The molecule has 0 aliphatic carbocycles. The minimum atomic E-state index is -0.898. The van der Waals surface area contributed by atoms with Gasteiger partial charge in [-0.05, 0) is 12.8 Å². The van der Waals surface area contributed by atoms with Gasteiger partial charge in [-0.25, -0.2) is 9.59 Å². The van der Waals surface area contributed by atoms with Crippen molar-refractivity contribution in [2.45, 2.75) is 26.7 Å². The lowest BCUT2D eigenvalue weighted by molar-refractivity contribution is -0.167. The zero-order chi connectivity index (χ0) is 9.40. The van der Waals surface area contributed by atoms with Crippen LogP contribution in [0.4, 0.5) is 0 Å². The maximum Gasteiger partial charge on any atom is 0.417 e. The number of rotatable bonds is 4. The number of carbonyl (C=O) groups is 2. The van der Waals surface area contributed by atoms with Crippen LogP contribution in [0.25, 0.3) is 0 Å². The summed E-state index contributed by atoms with van der Waals surface area (Å²) in [6.45, 7) is 4.23. The van der Waals surface area contributed by atoms with Crippen molar-refractivity contribution in [3.8, 4) is 0 Å². The number of ether oxygens (including phenoxy) is 2. The molecule has 70 valence electrons. The second-order valence-corrected chi connectivity index (χ2v) is 2.27. The Morgan fingerprint density at radius 2 is 1.25 bits per heavy atom. The van der Waals surface area contributed by atoms with Crippen LogP contribution in [-0.4, -0.2) is 25.2 Å². The molecule has 0 unspecified atom stereocenters. The molecule has 0 amide bonds. The molecule has 0 bridgehead atoms. The normalized spacial score (nSPS) is 9.17. The van der Waals surface area contributed by atoms with Gasteiger partial charge in [0.2, 0.25) is 0 Å². The number of carbonyl (C=O) groups excluding carboxylic acids is 2. The van der Waals surface area contributed by atoms with Gasteiger partial charge in [0, 0.05) is 0 Å². The molecule has 0 saturated heterocycles. The lowest BCUT2D eigenvalue weighted by Crippen LogP contribution is -2.20. The molecule has 0 heterocycles. The molecule has 0 spiro atoms. The Kier molecular flexibility index (Phi) is 6.05. The van der Waals surface area contributed by atoms with Crippen LogP contribution < -0.4 is 0 Å². The van der Waals surface area contributed by atoms with Gasteiger partial charge >= 0.3 is 11.9 Å². The topological polar surface area (TPSA) is 52.6 Å². The predicted molar refractivity (Wildman–Crippen MR) is 42.5 cm³/mol. The SMILES string of the molecule is CCCOC(=O)C(=O)OCCC. The van der Waals surface area contributed by atoms with E-state index in [0.717, 1.165) is 0 Å². The average Bonchev–Trinajstić information content (AvgIpc) is 2.10. The molecule has 12 heavy (non-hydrogen) atoms. The number of esters is 2. The minimum Gasteiger partial charge on any atom is -0.457 e. The molecule has 0 saturated carbocycles. The maximum atomic E-state index is 10.7. The molecule has 0 N–H and O–H groups in total. The van der Waals surface area contributed by atoms with Crippen molar-refractivity contribution in [2.75, 3.05) is 13.2 Å². The fraction of sp³-hybridized carbons (Fsp3) is 0.750. The first-order chi connectivity index (χ1) is 5.72. The fourth-order valence-electron chi connectivity index (χ4n) is 0.507. The molecule has 4 nitrogen and oxygen atoms in total. The third-order valence-electron chi connectivity index (χ3n) is 1.04. The van der Waals surface area contributed by atoms with Crippen LogP contribution in [0, 0.1) is 0 Å². The van der Waals surface area contributed by atoms with E-state index in [-0.39, 0.29) is 13.2 Å². The Hall–Kier alpha value is -1.06. The summed E-state index contributed by atoms with van der Waals surface area (Å²) < 4.78 is 9.07. The predicted octanol–water partition coefficient (Wildman–Crippen LogP) is 0.893. The zero-order valence-electron chi connectivity index (χ0n) is 7.46. The van der Waals surface area contributed by atoms with E-state index in [1.165, 1.54) is 0 Å². The molecular formula is C8H14O4. The maximum absolute atomic E-state index is 10.7. The van der Waals surface area contributed by atoms with Crippen molar-refractivity contribution >= 4 is 11.9 Å². The van der Waals surface area contributed by atoms with Crippen LogP contribution in [0.15, 0.2) is 0 Å². The summed E-state index contributed by atoms with van der Waals surface area (Å²) in [6, 6.07) is 0. The van der Waals surface area contributed by atoms with Gasteiger partial charge in [-0.15, -0.1) is 0 Å². The van der Waals surface area contributed by atoms with Gasteiger partial charge in [-0.2, -0.15) is 0 Å². The Morgan fingerprint density at radius 1 is 0.917 bits per heavy atom. The van der Waals surface area contributed by atoms with Crippen molar-refractivity contribution in [2.24, 2.45) is 0 Å². The van der Waals surface area contributed by atoms with Crippen LogP contribution in [0.1, 0.15) is 26.7 Å². The fourth-order valence-corrected chi connectivity index (χ4v) is 0.507. The number of hydrogen-bond donors (Lipinski definition) is 0. The Balaban J connectivity index is 3.55. The largest absolute Gasteiger partial charge is 0.457 e. The van der Waals surface area contributed by atoms with Crippen LogP contribution >= 0.6 is 0 Å². The van der Waals surface area contributed by atoms with E-state index >= 15 is 0 Å². The first-order valence-corrected chi connectivity index (χ1v) is 4.06. The summed E-state index contributed by atoms with van der Waals surface area (Å²) in [6.07, 6.45) is 1.40. The van der Waals surface area contributed by atoms with Gasteiger partial charge in [-0.1, -0.05) is 13.8 Å². The van der Waals surface area contributed by atoms with E-state index in [1.807, 2.05) is 13.8 Å². The molecule has 0 radical (unpaired) electrons. The van der Waals surface area contributed by atoms with Gasteiger partial charge < -0.3 is 9.47 Å². The Bertz CT molecular complexity index is 135. The molecular weight excluding hydrogens is 160 g/mol. The zero-order valence-corrected chi connectivity index (χ0v) is 7.46. The van der Waals surface area contributed by atoms with Crippen LogP contribution in [0.3, 0.4) is 0 Å². The molecule has 0 rings (SSSR count). The quantitative estimate of drug-likeness (QED) is 0.469. The first-order valence-electron chi connectivity index (χ1n) is 4.06. The second-order valence-electron chi connectivity index (χ2n) is 2.27. The van der Waals surface area contributed by atoms with Crippen molar-refractivity contribution in [3.63, 3.8) is 0 Å². The smallest absolute Gasteiger partial charge is 0.417 e. The van der Waals surface area contributed by atoms with E-state index < -0.39 is 11.9 Å². The Morgan fingerprint density at radius 3 is 1.50 bits per heavy atom. The molecule has 0 aliphatic heterocycles. The van der Waals surface area contributed by atoms with Gasteiger partial charge in [-0.3, -0.25) is 0 Å². The van der Waals surface area contributed by atoms with Crippen LogP contribution in [0.2, 0.25) is 0 Å². The monoisotopic (exact) mass is 174 g/mol. The van der Waals surface area contributed by atoms with E-state index in [1.54, 1.807) is 0 Å². The second kappa shape index (κ2) is 6.64. The molecule has 4 heteroatoms. The highest BCUT2D eigenvalue weighted by Gasteiger charge is 2.15. The lowest BCUT2D eigenvalue weighted by Gasteiger charge is -2.02. The molecule has 0 atom stereocenters. The molecule has 0 aromatic carbocycles. The van der Waals surface area contributed by atoms with E-state index in [9.17, 15) is 9.59 Å². The highest BCUT2D eigenvalue weighted by molar-refractivity contribution is 6.29. The summed E-state index contributed by atoms with van der Waals surface area (Å²) in [5, 5.41) is 0. The third-order valence-corrected chi connectivity index (χ3v) is 1.04. The van der Waals surface area contributed by atoms with E-state index in [4.69, 9.17) is 0 Å². The van der Waals surface area contributed by atoms with Gasteiger partial charge in [0.15, 0.2) is 0 Å². The Labute approximate surface area is 71.8 Å². The summed E-state index contributed by atoms with van der Waals surface area (Å²) in [4.78, 5) is 21.4. The highest BCUT2D eigenvalue weighted by atomic mass is 16.6. The summed E-state index contributed by atoms with van der Waals surface area (Å²) in [5.41, 5.74) is 0. The number of hydrogen-bond acceptors (Lipinski definition) is 4. The lowest BCUT2D eigenvalue weighted by atomic mass is 10.5. The molecule has 0 aromatic rings. The standard InChI is InChI=1S/C8H14O4/c1-3-5-11-7(9)8(10)12-6-4-2/h3-6H2,1-2H3. The molecule has 0 aliphatic rings. The third kappa shape index (κ3) is 4.71. The van der Waals surface area contributed by atoms with Crippen molar-refractivity contribution in [1.29, 1.82) is 0 Å². The van der Waals surface area contributed by atoms with Crippen LogP contribution in [-0.2, 0) is 19.1 Å².